The molecular formula is C17H22N2O5S. The maximum atomic E-state index is 12.4. The molecule has 7 nitrogen and oxygen atoms in total. The summed E-state index contributed by atoms with van der Waals surface area (Å²) in [5, 5.41) is 0. The zero-order valence-corrected chi connectivity index (χ0v) is 15.2. The third-order valence-electron chi connectivity index (χ3n) is 4.77. The normalized spacial score (nSPS) is 24.6. The average molecular weight is 366 g/mol. The van der Waals surface area contributed by atoms with Gasteiger partial charge in [0.1, 0.15) is 5.75 Å². The number of rotatable bonds is 4. The molecule has 0 aromatic heterocycles. The molecule has 2 amide bonds. The molecule has 1 aromatic carbocycles. The second-order valence-corrected chi connectivity index (χ2v) is 8.76. The predicted octanol–water partition coefficient (Wildman–Crippen LogP) is 0.836. The smallest absolute Gasteiger partial charge is 0.267 e. The second kappa shape index (κ2) is 6.67. The lowest BCUT2D eigenvalue weighted by atomic mass is 10.1. The van der Waals surface area contributed by atoms with Crippen LogP contribution in [0.4, 0.5) is 5.69 Å². The van der Waals surface area contributed by atoms with Crippen LogP contribution in [0.5, 0.6) is 5.75 Å². The van der Waals surface area contributed by atoms with E-state index < -0.39 is 15.9 Å². The lowest BCUT2D eigenvalue weighted by molar-refractivity contribution is -0.131. The van der Waals surface area contributed by atoms with E-state index in [-0.39, 0.29) is 42.3 Å². The molecule has 1 saturated heterocycles. The van der Waals surface area contributed by atoms with Crippen molar-refractivity contribution in [1.29, 1.82) is 0 Å². The molecule has 25 heavy (non-hydrogen) atoms. The molecule has 2 aliphatic rings. The summed E-state index contributed by atoms with van der Waals surface area (Å²) < 4.78 is 28.7. The third-order valence-corrected chi connectivity index (χ3v) is 6.52. The summed E-state index contributed by atoms with van der Waals surface area (Å²) in [5.74, 6) is 0.426. The largest absolute Gasteiger partial charge is 0.479 e. The molecule has 0 spiro atoms. The Morgan fingerprint density at radius 3 is 2.76 bits per heavy atom. The zero-order chi connectivity index (χ0) is 18.2. The molecular weight excluding hydrogens is 344 g/mol. The van der Waals surface area contributed by atoms with E-state index in [1.807, 2.05) is 12.1 Å². The number of sulfone groups is 1. The van der Waals surface area contributed by atoms with Gasteiger partial charge in [-0.3, -0.25) is 9.59 Å². The predicted molar refractivity (Wildman–Crippen MR) is 93.3 cm³/mol. The Morgan fingerprint density at radius 2 is 2.08 bits per heavy atom. The van der Waals surface area contributed by atoms with Gasteiger partial charge in [-0.1, -0.05) is 12.1 Å². The molecule has 1 aromatic rings. The number of carbonyl (C=O) groups is 2. The summed E-state index contributed by atoms with van der Waals surface area (Å²) in [6.07, 6.45) is 0.0172. The number of amides is 2. The van der Waals surface area contributed by atoms with Crippen LogP contribution in [-0.2, 0) is 19.4 Å². The molecule has 0 unspecified atom stereocenters. The summed E-state index contributed by atoms with van der Waals surface area (Å²) in [6, 6.07) is 6.96. The van der Waals surface area contributed by atoms with Crippen molar-refractivity contribution in [2.45, 2.75) is 31.9 Å². The van der Waals surface area contributed by atoms with Gasteiger partial charge >= 0.3 is 0 Å². The highest BCUT2D eigenvalue weighted by atomic mass is 32.2. The minimum atomic E-state index is -3.04. The fourth-order valence-corrected chi connectivity index (χ4v) is 5.03. The molecule has 0 aliphatic carbocycles. The lowest BCUT2D eigenvalue weighted by Crippen LogP contribution is -2.46. The standard InChI is InChI=1S/C17H22N2O5S/c1-12-17(21)19(14-5-3-4-6-15(14)24-12)9-7-16(20)18(2)13-8-10-25(22,23)11-13/h3-6,12-13H,7-11H2,1-2H3/t12-,13+/m1/s1. The van der Waals surface area contributed by atoms with Gasteiger partial charge in [0.25, 0.3) is 5.91 Å². The summed E-state index contributed by atoms with van der Waals surface area (Å²) in [5.41, 5.74) is 0.657. The lowest BCUT2D eigenvalue weighted by Gasteiger charge is -2.33. The quantitative estimate of drug-likeness (QED) is 0.788. The van der Waals surface area contributed by atoms with Gasteiger partial charge in [-0.25, -0.2) is 8.42 Å². The van der Waals surface area contributed by atoms with Gasteiger partial charge in [-0.05, 0) is 25.5 Å². The van der Waals surface area contributed by atoms with Crippen LogP contribution in [0.15, 0.2) is 24.3 Å². The number of ether oxygens (including phenoxy) is 1. The van der Waals surface area contributed by atoms with E-state index in [0.29, 0.717) is 17.9 Å². The first kappa shape index (κ1) is 17.7. The SMILES string of the molecule is C[C@H]1Oc2ccccc2N(CCC(=O)N(C)[C@H]2CCS(=O)(=O)C2)C1=O. The van der Waals surface area contributed by atoms with Crippen molar-refractivity contribution >= 4 is 27.3 Å². The van der Waals surface area contributed by atoms with E-state index in [2.05, 4.69) is 0 Å². The molecule has 3 rings (SSSR count). The van der Waals surface area contributed by atoms with Gasteiger partial charge < -0.3 is 14.5 Å². The molecule has 1 fully saturated rings. The molecule has 0 radical (unpaired) electrons. The Labute approximate surface area is 147 Å². The number of hydrogen-bond acceptors (Lipinski definition) is 5. The van der Waals surface area contributed by atoms with Gasteiger partial charge in [0, 0.05) is 26.1 Å². The highest BCUT2D eigenvalue weighted by Gasteiger charge is 2.34. The van der Waals surface area contributed by atoms with Crippen molar-refractivity contribution in [3.8, 4) is 5.75 Å². The van der Waals surface area contributed by atoms with Crippen LogP contribution in [0.2, 0.25) is 0 Å². The van der Waals surface area contributed by atoms with Crippen molar-refractivity contribution in [3.05, 3.63) is 24.3 Å². The van der Waals surface area contributed by atoms with Crippen LogP contribution in [0.25, 0.3) is 0 Å². The number of carbonyl (C=O) groups excluding carboxylic acids is 2. The van der Waals surface area contributed by atoms with Crippen molar-refractivity contribution in [3.63, 3.8) is 0 Å². The molecule has 0 N–H and O–H groups in total. The van der Waals surface area contributed by atoms with E-state index in [1.165, 1.54) is 4.90 Å². The summed E-state index contributed by atoms with van der Waals surface area (Å²) >= 11 is 0. The van der Waals surface area contributed by atoms with Crippen molar-refractivity contribution in [2.75, 3.05) is 30.0 Å². The van der Waals surface area contributed by atoms with E-state index in [1.54, 1.807) is 31.0 Å². The fraction of sp³-hybridized carbons (Fsp3) is 0.529. The van der Waals surface area contributed by atoms with Gasteiger partial charge in [0.15, 0.2) is 15.9 Å². The molecule has 0 bridgehead atoms. The molecule has 2 atom stereocenters. The Bertz CT molecular complexity index is 792. The molecule has 136 valence electrons. The summed E-state index contributed by atoms with van der Waals surface area (Å²) in [7, 11) is -1.41. The minimum Gasteiger partial charge on any atom is -0.479 e. The van der Waals surface area contributed by atoms with Gasteiger partial charge in [0.2, 0.25) is 5.91 Å². The Hall–Kier alpha value is -2.09. The third kappa shape index (κ3) is 3.63. The van der Waals surface area contributed by atoms with E-state index in [0.717, 1.165) is 0 Å². The zero-order valence-electron chi connectivity index (χ0n) is 14.3. The molecule has 2 heterocycles. The summed E-state index contributed by atoms with van der Waals surface area (Å²) in [4.78, 5) is 27.9. The Balaban J connectivity index is 1.66. The monoisotopic (exact) mass is 366 g/mol. The minimum absolute atomic E-state index is 0.0194. The molecule has 0 saturated carbocycles. The number of anilines is 1. The first-order valence-electron chi connectivity index (χ1n) is 8.31. The van der Waals surface area contributed by atoms with Crippen LogP contribution in [0.1, 0.15) is 19.8 Å². The van der Waals surface area contributed by atoms with Gasteiger partial charge in [-0.2, -0.15) is 0 Å². The van der Waals surface area contributed by atoms with E-state index in [9.17, 15) is 18.0 Å². The van der Waals surface area contributed by atoms with Crippen LogP contribution in [0.3, 0.4) is 0 Å². The van der Waals surface area contributed by atoms with Crippen LogP contribution in [0, 0.1) is 0 Å². The Morgan fingerprint density at radius 1 is 1.36 bits per heavy atom. The maximum absolute atomic E-state index is 12.4. The van der Waals surface area contributed by atoms with Crippen LogP contribution < -0.4 is 9.64 Å². The topological polar surface area (TPSA) is 84.0 Å². The Kier molecular flexibility index (Phi) is 4.73. The number of nitrogens with zero attached hydrogens (tertiary/aromatic N) is 2. The van der Waals surface area contributed by atoms with Gasteiger partial charge in [-0.15, -0.1) is 0 Å². The van der Waals surface area contributed by atoms with E-state index in [4.69, 9.17) is 4.74 Å². The number of fused-ring (bicyclic) bond motifs is 1. The van der Waals surface area contributed by atoms with Gasteiger partial charge in [0.05, 0.1) is 17.2 Å². The highest BCUT2D eigenvalue weighted by Crippen LogP contribution is 2.33. The summed E-state index contributed by atoms with van der Waals surface area (Å²) in [6.45, 7) is 1.93. The maximum Gasteiger partial charge on any atom is 0.267 e. The van der Waals surface area contributed by atoms with Crippen molar-refractivity contribution in [1.82, 2.24) is 4.90 Å². The van der Waals surface area contributed by atoms with Crippen LogP contribution in [-0.4, -0.2) is 62.4 Å². The van der Waals surface area contributed by atoms with E-state index >= 15 is 0 Å². The molecule has 8 heteroatoms. The highest BCUT2D eigenvalue weighted by molar-refractivity contribution is 7.91. The second-order valence-electron chi connectivity index (χ2n) is 6.53. The first-order valence-corrected chi connectivity index (χ1v) is 10.1. The van der Waals surface area contributed by atoms with Crippen molar-refractivity contribution in [2.24, 2.45) is 0 Å². The fourth-order valence-electron chi connectivity index (χ4n) is 3.26. The number of para-hydroxylation sites is 2. The molecule has 2 aliphatic heterocycles. The van der Waals surface area contributed by atoms with Crippen molar-refractivity contribution < 1.29 is 22.7 Å². The number of hydrogen-bond donors (Lipinski definition) is 0. The number of benzene rings is 1. The average Bonchev–Trinajstić information content (AvgIpc) is 2.94. The first-order chi connectivity index (χ1) is 11.8. The van der Waals surface area contributed by atoms with Crippen LogP contribution >= 0.6 is 0 Å².